The van der Waals surface area contributed by atoms with Crippen molar-refractivity contribution in [2.75, 3.05) is 7.11 Å². The van der Waals surface area contributed by atoms with Crippen molar-refractivity contribution in [2.24, 2.45) is 5.73 Å². The fourth-order valence-corrected chi connectivity index (χ4v) is 1.70. The predicted molar refractivity (Wildman–Crippen MR) is 62.9 cm³/mol. The van der Waals surface area contributed by atoms with E-state index in [4.69, 9.17) is 5.73 Å². The van der Waals surface area contributed by atoms with E-state index >= 15 is 0 Å². The van der Waals surface area contributed by atoms with E-state index in [1.54, 1.807) is 22.6 Å². The van der Waals surface area contributed by atoms with Crippen LogP contribution in [-0.2, 0) is 11.3 Å². The minimum atomic E-state index is -4.90. The smallest absolute Gasteiger partial charge is 0.464 e. The first-order valence-electron chi connectivity index (χ1n) is 4.52. The zero-order valence-corrected chi connectivity index (χ0v) is 11.2. The molecule has 0 aliphatic rings. The quantitative estimate of drug-likeness (QED) is 0.644. The number of carbonyl (C=O) groups excluding carboxylic acids is 1. The Morgan fingerprint density at radius 3 is 2.61 bits per heavy atom. The summed E-state index contributed by atoms with van der Waals surface area (Å²) in [7, 11) is 1.09. The number of pyridine rings is 1. The van der Waals surface area contributed by atoms with E-state index in [0.29, 0.717) is 5.56 Å². The van der Waals surface area contributed by atoms with Gasteiger partial charge in [-0.25, -0.2) is 9.78 Å². The number of methoxy groups -OCH3 is 1. The molecule has 1 heterocycles. The Hall–Kier alpha value is -1.10. The fourth-order valence-electron chi connectivity index (χ4n) is 1.09. The van der Waals surface area contributed by atoms with Gasteiger partial charge in [0.25, 0.3) is 0 Å². The Labute approximate surface area is 114 Å². The van der Waals surface area contributed by atoms with Gasteiger partial charge in [0.15, 0.2) is 5.69 Å². The Kier molecular flexibility index (Phi) is 4.73. The molecule has 0 bridgehead atoms. The summed E-state index contributed by atoms with van der Waals surface area (Å²) >= 11 is 1.61. The summed E-state index contributed by atoms with van der Waals surface area (Å²) in [4.78, 5) is 14.7. The largest absolute Gasteiger partial charge is 0.574 e. The molecule has 2 N–H and O–H groups in total. The van der Waals surface area contributed by atoms with Crippen molar-refractivity contribution in [3.05, 3.63) is 20.9 Å². The van der Waals surface area contributed by atoms with Crippen molar-refractivity contribution in [1.82, 2.24) is 4.98 Å². The van der Waals surface area contributed by atoms with Crippen LogP contribution in [0.25, 0.3) is 0 Å². The molecule has 0 unspecified atom stereocenters. The number of hydrogen-bond donors (Lipinski definition) is 1. The van der Waals surface area contributed by atoms with Gasteiger partial charge < -0.3 is 15.2 Å². The third-order valence-corrected chi connectivity index (χ3v) is 2.98. The van der Waals surface area contributed by atoms with Crippen LogP contribution in [-0.4, -0.2) is 24.4 Å². The molecular formula is C9H8F3IN2O3. The van der Waals surface area contributed by atoms with Crippen molar-refractivity contribution in [1.29, 1.82) is 0 Å². The third-order valence-electron chi connectivity index (χ3n) is 1.83. The zero-order chi connectivity index (χ0) is 13.9. The molecule has 9 heteroatoms. The molecule has 1 aromatic heterocycles. The van der Waals surface area contributed by atoms with Crippen molar-refractivity contribution < 1.29 is 27.4 Å². The summed E-state index contributed by atoms with van der Waals surface area (Å²) in [6.45, 7) is -0.0565. The van der Waals surface area contributed by atoms with Gasteiger partial charge in [-0.2, -0.15) is 0 Å². The topological polar surface area (TPSA) is 74.4 Å². The van der Waals surface area contributed by atoms with E-state index in [1.165, 1.54) is 6.07 Å². The minimum absolute atomic E-state index is 0.0565. The highest BCUT2D eigenvalue weighted by atomic mass is 127. The van der Waals surface area contributed by atoms with Crippen molar-refractivity contribution in [3.8, 4) is 5.88 Å². The van der Waals surface area contributed by atoms with Crippen molar-refractivity contribution >= 4 is 28.6 Å². The average Bonchev–Trinajstić information content (AvgIpc) is 2.29. The van der Waals surface area contributed by atoms with Gasteiger partial charge in [-0.3, -0.25) is 0 Å². The molecule has 0 amide bonds. The zero-order valence-electron chi connectivity index (χ0n) is 9.05. The Bertz CT molecular complexity index is 465. The van der Waals surface area contributed by atoms with E-state index in [9.17, 15) is 18.0 Å². The number of nitrogens with two attached hydrogens (primary N) is 1. The lowest BCUT2D eigenvalue weighted by atomic mass is 10.2. The van der Waals surface area contributed by atoms with Gasteiger partial charge >= 0.3 is 12.3 Å². The molecule has 0 fully saturated rings. The average molecular weight is 376 g/mol. The van der Waals surface area contributed by atoms with Crippen LogP contribution >= 0.6 is 22.6 Å². The molecule has 0 saturated carbocycles. The van der Waals surface area contributed by atoms with Crippen molar-refractivity contribution in [2.45, 2.75) is 12.9 Å². The van der Waals surface area contributed by atoms with Crippen molar-refractivity contribution in [3.63, 3.8) is 0 Å². The normalized spacial score (nSPS) is 11.2. The third kappa shape index (κ3) is 3.70. The summed E-state index contributed by atoms with van der Waals surface area (Å²) in [5, 5.41) is 0. The second-order valence-electron chi connectivity index (χ2n) is 3.03. The lowest BCUT2D eigenvalue weighted by Gasteiger charge is -2.12. The Morgan fingerprint density at radius 2 is 2.17 bits per heavy atom. The van der Waals surface area contributed by atoms with Crippen LogP contribution < -0.4 is 10.5 Å². The number of aromatic nitrogens is 1. The summed E-state index contributed by atoms with van der Waals surface area (Å²) in [5.41, 5.74) is 5.39. The van der Waals surface area contributed by atoms with Gasteiger partial charge in [0.2, 0.25) is 5.88 Å². The number of esters is 1. The van der Waals surface area contributed by atoms with Crippen LogP contribution in [0.15, 0.2) is 6.07 Å². The maximum Gasteiger partial charge on any atom is 0.574 e. The number of nitrogens with zero attached hydrogens (tertiary/aromatic N) is 1. The van der Waals surface area contributed by atoms with E-state index in [-0.39, 0.29) is 15.8 Å². The number of ether oxygens (including phenoxy) is 2. The van der Waals surface area contributed by atoms with Crippen LogP contribution in [0.4, 0.5) is 13.2 Å². The molecule has 0 saturated heterocycles. The van der Waals surface area contributed by atoms with Crippen LogP contribution in [0, 0.1) is 3.57 Å². The summed E-state index contributed by atoms with van der Waals surface area (Å²) < 4.78 is 44.7. The molecular weight excluding hydrogens is 368 g/mol. The van der Waals surface area contributed by atoms with Crippen LogP contribution in [0.1, 0.15) is 16.1 Å². The summed E-state index contributed by atoms with van der Waals surface area (Å²) in [6.07, 6.45) is -4.90. The molecule has 1 rings (SSSR count). The molecule has 18 heavy (non-hydrogen) atoms. The maximum absolute atomic E-state index is 12.2. The number of carbonyl (C=O) groups is 1. The van der Waals surface area contributed by atoms with E-state index in [1.807, 2.05) is 0 Å². The number of rotatable bonds is 3. The first-order valence-corrected chi connectivity index (χ1v) is 5.60. The highest BCUT2D eigenvalue weighted by Gasteiger charge is 2.33. The van der Waals surface area contributed by atoms with Gasteiger partial charge in [0, 0.05) is 6.54 Å². The van der Waals surface area contributed by atoms with Crippen LogP contribution in [0.3, 0.4) is 0 Å². The SMILES string of the molecule is COC(=O)c1cc(CN)c(I)c(OC(F)(F)F)n1. The molecule has 0 aliphatic carbocycles. The number of alkyl halides is 3. The molecule has 0 aromatic carbocycles. The molecule has 0 spiro atoms. The lowest BCUT2D eigenvalue weighted by molar-refractivity contribution is -0.276. The minimum Gasteiger partial charge on any atom is -0.464 e. The number of hydrogen-bond acceptors (Lipinski definition) is 5. The fraction of sp³-hybridized carbons (Fsp3) is 0.333. The first-order chi connectivity index (χ1) is 8.28. The van der Waals surface area contributed by atoms with Gasteiger partial charge in [0.05, 0.1) is 10.7 Å². The highest BCUT2D eigenvalue weighted by molar-refractivity contribution is 14.1. The van der Waals surface area contributed by atoms with Gasteiger partial charge in [0.1, 0.15) is 0 Å². The highest BCUT2D eigenvalue weighted by Crippen LogP contribution is 2.28. The van der Waals surface area contributed by atoms with Crippen LogP contribution in [0.2, 0.25) is 0 Å². The molecule has 5 nitrogen and oxygen atoms in total. The monoisotopic (exact) mass is 376 g/mol. The summed E-state index contributed by atoms with van der Waals surface area (Å²) in [5.74, 6) is -1.58. The predicted octanol–water partition coefficient (Wildman–Crippen LogP) is 1.83. The second kappa shape index (κ2) is 5.69. The molecule has 0 radical (unpaired) electrons. The van der Waals surface area contributed by atoms with Gasteiger partial charge in [-0.05, 0) is 34.2 Å². The summed E-state index contributed by atoms with van der Waals surface area (Å²) in [6, 6.07) is 1.26. The molecule has 1 aromatic rings. The van der Waals surface area contributed by atoms with E-state index in [0.717, 1.165) is 7.11 Å². The first kappa shape index (κ1) is 15.0. The standard InChI is InChI=1S/C9H8F3IN2O3/c1-17-8(16)5-2-4(3-14)6(13)7(15-5)18-9(10,11)12/h2H,3,14H2,1H3. The van der Waals surface area contributed by atoms with Gasteiger partial charge in [-0.15, -0.1) is 13.2 Å². The van der Waals surface area contributed by atoms with Crippen LogP contribution in [0.5, 0.6) is 5.88 Å². The van der Waals surface area contributed by atoms with E-state index in [2.05, 4.69) is 14.5 Å². The van der Waals surface area contributed by atoms with E-state index < -0.39 is 18.2 Å². The lowest BCUT2D eigenvalue weighted by Crippen LogP contribution is -2.20. The Morgan fingerprint density at radius 1 is 1.56 bits per heavy atom. The molecule has 0 aliphatic heterocycles. The molecule has 0 atom stereocenters. The number of halogens is 4. The van der Waals surface area contributed by atoms with Gasteiger partial charge in [-0.1, -0.05) is 0 Å². The second-order valence-corrected chi connectivity index (χ2v) is 4.11. The maximum atomic E-state index is 12.2. The Balaban J connectivity index is 3.27. The molecule has 100 valence electrons.